The molecule has 0 aromatic heterocycles. The van der Waals surface area contributed by atoms with Crippen LogP contribution >= 0.6 is 12.2 Å². The number of hydrogen-bond acceptors (Lipinski definition) is 5. The Morgan fingerprint density at radius 1 is 1.17 bits per heavy atom. The summed E-state index contributed by atoms with van der Waals surface area (Å²) in [6, 6.07) is 13.0. The van der Waals surface area contributed by atoms with Crippen LogP contribution in [-0.4, -0.2) is 24.8 Å². The van der Waals surface area contributed by atoms with Gasteiger partial charge < -0.3 is 24.8 Å². The number of carbonyl (C=O) groups excluding carboxylic acids is 1. The number of ether oxygens (including phenoxy) is 3. The minimum Gasteiger partial charge on any atom is -0.493 e. The number of rotatable bonds is 7. The summed E-state index contributed by atoms with van der Waals surface area (Å²) in [5, 5.41) is 6.18. The zero-order chi connectivity index (χ0) is 21.7. The monoisotopic (exact) mass is 434 g/mol. The van der Waals surface area contributed by atoms with Crippen molar-refractivity contribution in [3.63, 3.8) is 0 Å². The first-order valence-electron chi connectivity index (χ1n) is 9.01. The van der Waals surface area contributed by atoms with E-state index in [0.29, 0.717) is 16.4 Å². The van der Waals surface area contributed by atoms with E-state index < -0.39 is 18.6 Å². The van der Waals surface area contributed by atoms with Gasteiger partial charge in [-0.3, -0.25) is 0 Å². The first-order valence-corrected chi connectivity index (χ1v) is 9.42. The van der Waals surface area contributed by atoms with Gasteiger partial charge >= 0.3 is 12.6 Å². The molecule has 6 nitrogen and oxygen atoms in total. The number of methoxy groups -OCH3 is 1. The largest absolute Gasteiger partial charge is 0.493 e. The molecule has 0 fully saturated rings. The Hall–Kier alpha value is -3.20. The maximum Gasteiger partial charge on any atom is 0.387 e. The van der Waals surface area contributed by atoms with Crippen LogP contribution in [0.15, 0.2) is 59.8 Å². The average molecular weight is 434 g/mol. The molecule has 2 aromatic rings. The minimum absolute atomic E-state index is 0.0932. The minimum atomic E-state index is -3.02. The summed E-state index contributed by atoms with van der Waals surface area (Å²) < 4.78 is 40.7. The van der Waals surface area contributed by atoms with Crippen LogP contribution in [0.4, 0.5) is 8.78 Å². The number of halogens is 2. The van der Waals surface area contributed by atoms with Crippen LogP contribution < -0.4 is 20.1 Å². The summed E-state index contributed by atoms with van der Waals surface area (Å²) in [6.07, 6.45) is 0. The molecule has 1 atom stereocenters. The van der Waals surface area contributed by atoms with Gasteiger partial charge in [0.05, 0.1) is 18.7 Å². The lowest BCUT2D eigenvalue weighted by atomic mass is 9.95. The number of carbonyl (C=O) groups is 1. The summed E-state index contributed by atoms with van der Waals surface area (Å²) in [6.45, 7) is -1.24. The van der Waals surface area contributed by atoms with Gasteiger partial charge in [-0.05, 0) is 42.4 Å². The Balaban J connectivity index is 1.90. The number of nitrogens with one attached hydrogen (secondary N) is 2. The van der Waals surface area contributed by atoms with E-state index >= 15 is 0 Å². The van der Waals surface area contributed by atoms with Crippen molar-refractivity contribution in [3.05, 3.63) is 70.9 Å². The zero-order valence-electron chi connectivity index (χ0n) is 16.3. The molecule has 0 bridgehead atoms. The lowest BCUT2D eigenvalue weighted by Gasteiger charge is -2.30. The molecule has 0 amide bonds. The fourth-order valence-corrected chi connectivity index (χ4v) is 3.35. The molecule has 0 aliphatic carbocycles. The number of thiocarbonyl (C=S) groups is 1. The van der Waals surface area contributed by atoms with Gasteiger partial charge in [0.2, 0.25) is 0 Å². The third-order valence-corrected chi connectivity index (χ3v) is 4.66. The molecule has 0 saturated heterocycles. The van der Waals surface area contributed by atoms with E-state index in [4.69, 9.17) is 21.7 Å². The van der Waals surface area contributed by atoms with Gasteiger partial charge in [-0.25, -0.2) is 4.79 Å². The van der Waals surface area contributed by atoms with E-state index in [1.807, 2.05) is 30.3 Å². The van der Waals surface area contributed by atoms with E-state index in [-0.39, 0.29) is 23.7 Å². The SMILES string of the molecule is COc1ccc(C2NC(=S)NC(C)=C2C(=O)OCc2ccccc2)cc1OC(F)F. The normalized spacial score (nSPS) is 16.0. The third kappa shape index (κ3) is 5.04. The highest BCUT2D eigenvalue weighted by molar-refractivity contribution is 7.80. The summed E-state index contributed by atoms with van der Waals surface area (Å²) in [7, 11) is 1.35. The van der Waals surface area contributed by atoms with E-state index in [1.165, 1.54) is 19.2 Å². The molecule has 1 heterocycles. The highest BCUT2D eigenvalue weighted by Gasteiger charge is 2.31. The fraction of sp³-hybridized carbons (Fsp3) is 0.238. The molecular formula is C21H20F2N2O4S. The second kappa shape index (κ2) is 9.53. The second-order valence-corrected chi connectivity index (χ2v) is 6.83. The van der Waals surface area contributed by atoms with Crippen molar-refractivity contribution in [2.75, 3.05) is 7.11 Å². The molecule has 0 saturated carbocycles. The molecule has 1 aliphatic heterocycles. The zero-order valence-corrected chi connectivity index (χ0v) is 17.1. The van der Waals surface area contributed by atoms with E-state index in [2.05, 4.69) is 15.4 Å². The molecular weight excluding hydrogens is 414 g/mol. The first-order chi connectivity index (χ1) is 14.4. The van der Waals surface area contributed by atoms with Crippen molar-refractivity contribution >= 4 is 23.3 Å². The van der Waals surface area contributed by atoms with Crippen LogP contribution in [-0.2, 0) is 16.1 Å². The lowest BCUT2D eigenvalue weighted by molar-refractivity contribution is -0.140. The van der Waals surface area contributed by atoms with Gasteiger partial charge in [0, 0.05) is 5.70 Å². The average Bonchev–Trinajstić information content (AvgIpc) is 2.71. The predicted octanol–water partition coefficient (Wildman–Crippen LogP) is 3.83. The third-order valence-electron chi connectivity index (χ3n) is 4.44. The Labute approximate surface area is 177 Å². The van der Waals surface area contributed by atoms with Crippen molar-refractivity contribution < 1.29 is 27.8 Å². The number of benzene rings is 2. The highest BCUT2D eigenvalue weighted by atomic mass is 32.1. The fourth-order valence-electron chi connectivity index (χ4n) is 3.08. The van der Waals surface area contributed by atoms with Crippen LogP contribution in [0.3, 0.4) is 0 Å². The van der Waals surface area contributed by atoms with Gasteiger partial charge in [-0.2, -0.15) is 8.78 Å². The smallest absolute Gasteiger partial charge is 0.387 e. The Morgan fingerprint density at radius 3 is 2.57 bits per heavy atom. The Morgan fingerprint density at radius 2 is 1.90 bits per heavy atom. The molecule has 9 heteroatoms. The maximum absolute atomic E-state index is 12.9. The molecule has 2 N–H and O–H groups in total. The number of hydrogen-bond donors (Lipinski definition) is 2. The molecule has 2 aromatic carbocycles. The second-order valence-electron chi connectivity index (χ2n) is 6.42. The van der Waals surface area contributed by atoms with E-state index in [9.17, 15) is 13.6 Å². The summed E-state index contributed by atoms with van der Waals surface area (Å²) in [5.74, 6) is -0.564. The van der Waals surface area contributed by atoms with Gasteiger partial charge in [-0.1, -0.05) is 36.4 Å². The maximum atomic E-state index is 12.9. The van der Waals surface area contributed by atoms with Crippen LogP contribution in [0.5, 0.6) is 11.5 Å². The van der Waals surface area contributed by atoms with Crippen molar-refractivity contribution in [1.82, 2.24) is 10.6 Å². The van der Waals surface area contributed by atoms with Crippen LogP contribution in [0.2, 0.25) is 0 Å². The van der Waals surface area contributed by atoms with Gasteiger partial charge in [0.15, 0.2) is 16.6 Å². The lowest BCUT2D eigenvalue weighted by Crippen LogP contribution is -2.45. The van der Waals surface area contributed by atoms with Crippen LogP contribution in [0.25, 0.3) is 0 Å². The molecule has 1 aliphatic rings. The predicted molar refractivity (Wildman–Crippen MR) is 110 cm³/mol. The molecule has 0 spiro atoms. The van der Waals surface area contributed by atoms with Crippen molar-refractivity contribution in [2.24, 2.45) is 0 Å². The summed E-state index contributed by atoms with van der Waals surface area (Å²) >= 11 is 5.21. The number of allylic oxidation sites excluding steroid dienone is 1. The first kappa shape index (κ1) is 21.5. The van der Waals surface area contributed by atoms with E-state index in [1.54, 1.807) is 13.0 Å². The Kier molecular flexibility index (Phi) is 6.83. The Bertz CT molecular complexity index is 967. The van der Waals surface area contributed by atoms with Crippen molar-refractivity contribution in [1.29, 1.82) is 0 Å². The molecule has 158 valence electrons. The number of alkyl halides is 2. The van der Waals surface area contributed by atoms with Crippen molar-refractivity contribution in [2.45, 2.75) is 26.2 Å². The molecule has 3 rings (SSSR count). The van der Waals surface area contributed by atoms with Crippen LogP contribution in [0.1, 0.15) is 24.1 Å². The van der Waals surface area contributed by atoms with E-state index in [0.717, 1.165) is 5.56 Å². The molecule has 0 radical (unpaired) electrons. The number of esters is 1. The topological polar surface area (TPSA) is 68.8 Å². The van der Waals surface area contributed by atoms with Gasteiger partial charge in [-0.15, -0.1) is 0 Å². The standard InChI is InChI=1S/C21H20F2N2O4S/c1-12-17(19(26)28-11-13-6-4-3-5-7-13)18(25-21(30)24-12)14-8-9-15(27-2)16(10-14)29-20(22)23/h3-10,18,20H,11H2,1-2H3,(H2,24,25,30). The van der Waals surface area contributed by atoms with Crippen molar-refractivity contribution in [3.8, 4) is 11.5 Å². The van der Waals surface area contributed by atoms with Gasteiger partial charge in [0.25, 0.3) is 0 Å². The summed E-state index contributed by atoms with van der Waals surface area (Å²) in [4.78, 5) is 12.9. The van der Waals surface area contributed by atoms with Gasteiger partial charge in [0.1, 0.15) is 6.61 Å². The molecule has 1 unspecified atom stereocenters. The highest BCUT2D eigenvalue weighted by Crippen LogP contribution is 2.35. The molecule has 30 heavy (non-hydrogen) atoms. The van der Waals surface area contributed by atoms with Crippen LogP contribution in [0, 0.1) is 0 Å². The quantitative estimate of drug-likeness (QED) is 0.507. The summed E-state index contributed by atoms with van der Waals surface area (Å²) in [5.41, 5.74) is 2.12.